The molecule has 0 bridgehead atoms. The van der Waals surface area contributed by atoms with Gasteiger partial charge in [0.15, 0.2) is 0 Å². The van der Waals surface area contributed by atoms with Crippen molar-refractivity contribution in [3.8, 4) is 0 Å². The molecule has 0 radical (unpaired) electrons. The highest BCUT2D eigenvalue weighted by Crippen LogP contribution is 2.22. The van der Waals surface area contributed by atoms with E-state index in [1.807, 2.05) is 0 Å². The highest BCUT2D eigenvalue weighted by atomic mass is 35.7. The van der Waals surface area contributed by atoms with Gasteiger partial charge >= 0.3 is 0 Å². The van der Waals surface area contributed by atoms with E-state index in [1.54, 1.807) is 0 Å². The topological polar surface area (TPSA) is 55.4 Å². The Morgan fingerprint density at radius 1 is 1.67 bits per heavy atom. The van der Waals surface area contributed by atoms with Gasteiger partial charge < -0.3 is 10.1 Å². The molecule has 0 aromatic carbocycles. The van der Waals surface area contributed by atoms with Crippen molar-refractivity contribution < 1.29 is 13.2 Å². The maximum atomic E-state index is 10.8. The van der Waals surface area contributed by atoms with Gasteiger partial charge in [0.25, 0.3) is 0 Å². The molecule has 1 aliphatic rings. The molecule has 72 valence electrons. The van der Waals surface area contributed by atoms with Gasteiger partial charge in [0.2, 0.25) is 9.05 Å². The molecule has 0 aromatic rings. The second kappa shape index (κ2) is 3.49. The van der Waals surface area contributed by atoms with Gasteiger partial charge in [-0.15, -0.1) is 0 Å². The lowest BCUT2D eigenvalue weighted by atomic mass is 10.1. The standard InChI is InChI=1S/C6H12ClNO3S/c1-11-6(2-3-8-4-6)5-12(7,9)10/h8H,2-5H2,1H3. The van der Waals surface area contributed by atoms with Gasteiger partial charge in [0.1, 0.15) is 0 Å². The summed E-state index contributed by atoms with van der Waals surface area (Å²) < 4.78 is 26.8. The van der Waals surface area contributed by atoms with Crippen LogP contribution in [0, 0.1) is 0 Å². The highest BCUT2D eigenvalue weighted by Gasteiger charge is 2.37. The van der Waals surface area contributed by atoms with Gasteiger partial charge in [-0.25, -0.2) is 8.42 Å². The number of hydrogen-bond acceptors (Lipinski definition) is 4. The fourth-order valence-corrected chi connectivity index (χ4v) is 2.98. The smallest absolute Gasteiger partial charge is 0.235 e. The summed E-state index contributed by atoms with van der Waals surface area (Å²) in [6.45, 7) is 1.33. The van der Waals surface area contributed by atoms with Crippen molar-refractivity contribution in [2.75, 3.05) is 26.0 Å². The van der Waals surface area contributed by atoms with Crippen LogP contribution in [0.5, 0.6) is 0 Å². The Morgan fingerprint density at radius 3 is 2.67 bits per heavy atom. The molecule has 1 rings (SSSR count). The van der Waals surface area contributed by atoms with E-state index in [1.165, 1.54) is 7.11 Å². The number of methoxy groups -OCH3 is 1. The summed E-state index contributed by atoms with van der Waals surface area (Å²) in [5, 5.41) is 3.04. The zero-order valence-electron chi connectivity index (χ0n) is 6.84. The fourth-order valence-electron chi connectivity index (χ4n) is 1.39. The molecule has 0 aliphatic carbocycles. The first-order valence-corrected chi connectivity index (χ1v) is 6.13. The van der Waals surface area contributed by atoms with Crippen molar-refractivity contribution in [1.82, 2.24) is 5.32 Å². The van der Waals surface area contributed by atoms with E-state index in [9.17, 15) is 8.42 Å². The third-order valence-corrected chi connectivity index (χ3v) is 3.27. The molecule has 0 spiro atoms. The van der Waals surface area contributed by atoms with E-state index < -0.39 is 14.7 Å². The number of ether oxygens (including phenoxy) is 1. The molecule has 0 saturated carbocycles. The number of hydrogen-bond donors (Lipinski definition) is 1. The van der Waals surface area contributed by atoms with E-state index in [0.29, 0.717) is 13.0 Å². The Labute approximate surface area is 76.7 Å². The summed E-state index contributed by atoms with van der Waals surface area (Å²) in [6.07, 6.45) is 0.690. The Bertz CT molecular complexity index is 246. The van der Waals surface area contributed by atoms with Gasteiger partial charge in [-0.3, -0.25) is 0 Å². The van der Waals surface area contributed by atoms with Crippen molar-refractivity contribution in [2.24, 2.45) is 0 Å². The summed E-state index contributed by atoms with van der Waals surface area (Å²) >= 11 is 0. The minimum atomic E-state index is -3.47. The summed E-state index contributed by atoms with van der Waals surface area (Å²) in [5.41, 5.74) is -0.611. The van der Waals surface area contributed by atoms with Crippen LogP contribution < -0.4 is 5.32 Å². The molecule has 1 atom stereocenters. The van der Waals surface area contributed by atoms with Crippen LogP contribution >= 0.6 is 10.7 Å². The van der Waals surface area contributed by atoms with Crippen LogP contribution in [0.4, 0.5) is 0 Å². The van der Waals surface area contributed by atoms with Gasteiger partial charge in [-0.05, 0) is 13.0 Å². The Hall–Kier alpha value is 0.160. The minimum Gasteiger partial charge on any atom is -0.376 e. The maximum Gasteiger partial charge on any atom is 0.235 e. The normalized spacial score (nSPS) is 30.8. The Morgan fingerprint density at radius 2 is 2.33 bits per heavy atom. The lowest BCUT2D eigenvalue weighted by molar-refractivity contribution is 0.0274. The third-order valence-electron chi connectivity index (χ3n) is 2.07. The van der Waals surface area contributed by atoms with Gasteiger partial charge in [0, 0.05) is 24.3 Å². The summed E-state index contributed by atoms with van der Waals surface area (Å²) in [4.78, 5) is 0. The molecule has 1 fully saturated rings. The lowest BCUT2D eigenvalue weighted by Crippen LogP contribution is -2.40. The Balaban J connectivity index is 2.68. The predicted molar refractivity (Wildman–Crippen MR) is 46.9 cm³/mol. The first-order chi connectivity index (χ1) is 5.47. The largest absolute Gasteiger partial charge is 0.376 e. The fraction of sp³-hybridized carbons (Fsp3) is 1.00. The predicted octanol–water partition coefficient (Wildman–Crippen LogP) is -0.0665. The first-order valence-electron chi connectivity index (χ1n) is 3.66. The van der Waals surface area contributed by atoms with Crippen LogP contribution in [0.2, 0.25) is 0 Å². The van der Waals surface area contributed by atoms with E-state index in [0.717, 1.165) is 6.54 Å². The molecule has 12 heavy (non-hydrogen) atoms. The zero-order valence-corrected chi connectivity index (χ0v) is 8.41. The molecule has 1 saturated heterocycles. The van der Waals surface area contributed by atoms with Crippen LogP contribution in [0.3, 0.4) is 0 Å². The van der Waals surface area contributed by atoms with Crippen LogP contribution in [-0.2, 0) is 13.8 Å². The molecule has 4 nitrogen and oxygen atoms in total. The average molecular weight is 214 g/mol. The summed E-state index contributed by atoms with van der Waals surface area (Å²) in [7, 11) is 3.18. The van der Waals surface area contributed by atoms with E-state index in [-0.39, 0.29) is 5.75 Å². The van der Waals surface area contributed by atoms with Crippen molar-refractivity contribution >= 4 is 19.7 Å². The third kappa shape index (κ3) is 2.58. The molecule has 1 N–H and O–H groups in total. The molecule has 0 aromatic heterocycles. The molecule has 1 aliphatic heterocycles. The SMILES string of the molecule is COC1(CS(=O)(=O)Cl)CCNC1. The highest BCUT2D eigenvalue weighted by molar-refractivity contribution is 8.13. The van der Waals surface area contributed by atoms with Crippen molar-refractivity contribution in [3.05, 3.63) is 0 Å². The van der Waals surface area contributed by atoms with E-state index >= 15 is 0 Å². The van der Waals surface area contributed by atoms with Crippen molar-refractivity contribution in [3.63, 3.8) is 0 Å². The molecule has 1 heterocycles. The van der Waals surface area contributed by atoms with Crippen LogP contribution in [0.25, 0.3) is 0 Å². The monoisotopic (exact) mass is 213 g/mol. The van der Waals surface area contributed by atoms with Gasteiger partial charge in [-0.1, -0.05) is 0 Å². The zero-order chi connectivity index (χ0) is 9.24. The van der Waals surface area contributed by atoms with Crippen LogP contribution in [0.15, 0.2) is 0 Å². The second-order valence-corrected chi connectivity index (χ2v) is 5.77. The van der Waals surface area contributed by atoms with E-state index in [2.05, 4.69) is 5.32 Å². The van der Waals surface area contributed by atoms with Crippen molar-refractivity contribution in [2.45, 2.75) is 12.0 Å². The number of rotatable bonds is 3. The second-order valence-electron chi connectivity index (χ2n) is 3.00. The summed E-state index contributed by atoms with van der Waals surface area (Å²) in [5.74, 6) is -0.120. The van der Waals surface area contributed by atoms with Gasteiger partial charge in [0.05, 0.1) is 11.4 Å². The quantitative estimate of drug-likeness (QED) is 0.668. The molecule has 1 unspecified atom stereocenters. The van der Waals surface area contributed by atoms with E-state index in [4.69, 9.17) is 15.4 Å². The molecular formula is C6H12ClNO3S. The van der Waals surface area contributed by atoms with Crippen LogP contribution in [-0.4, -0.2) is 40.0 Å². The van der Waals surface area contributed by atoms with Crippen molar-refractivity contribution in [1.29, 1.82) is 0 Å². The molecule has 6 heteroatoms. The minimum absolute atomic E-state index is 0.120. The molecular weight excluding hydrogens is 202 g/mol. The number of nitrogens with one attached hydrogen (secondary N) is 1. The van der Waals surface area contributed by atoms with Gasteiger partial charge in [-0.2, -0.15) is 0 Å². The maximum absolute atomic E-state index is 10.8. The average Bonchev–Trinajstić information content (AvgIpc) is 2.34. The van der Waals surface area contributed by atoms with Crippen LogP contribution in [0.1, 0.15) is 6.42 Å². The number of halogens is 1. The first kappa shape index (κ1) is 10.2. The molecule has 0 amide bonds. The lowest BCUT2D eigenvalue weighted by Gasteiger charge is -2.24. The summed E-state index contributed by atoms with van der Waals surface area (Å²) in [6, 6.07) is 0. The Kier molecular flexibility index (Phi) is 2.98.